The molecule has 0 radical (unpaired) electrons. The summed E-state index contributed by atoms with van der Waals surface area (Å²) in [6.07, 6.45) is 5.48. The van der Waals surface area contributed by atoms with Crippen LogP contribution < -0.4 is 0 Å². The zero-order chi connectivity index (χ0) is 8.27. The summed E-state index contributed by atoms with van der Waals surface area (Å²) in [5, 5.41) is 12.7. The fourth-order valence-corrected chi connectivity index (χ4v) is 0.961. The van der Waals surface area contributed by atoms with Gasteiger partial charge in [0, 0.05) is 18.8 Å². The molecule has 60 valence electrons. The molecule has 3 nitrogen and oxygen atoms in total. The predicted molar refractivity (Wildman–Crippen MR) is 44.1 cm³/mol. The van der Waals surface area contributed by atoms with Crippen molar-refractivity contribution in [1.82, 2.24) is 9.78 Å². The van der Waals surface area contributed by atoms with Gasteiger partial charge in [-0.15, -0.1) is 0 Å². The van der Waals surface area contributed by atoms with Gasteiger partial charge in [0.05, 0.1) is 12.3 Å². The van der Waals surface area contributed by atoms with Gasteiger partial charge in [0.2, 0.25) is 0 Å². The minimum absolute atomic E-state index is 0.0777. The SMILES string of the molecule is Cc1nn(C)cc1/C=C/CO. The van der Waals surface area contributed by atoms with Gasteiger partial charge < -0.3 is 5.11 Å². The molecule has 1 aromatic heterocycles. The van der Waals surface area contributed by atoms with Gasteiger partial charge in [0.15, 0.2) is 0 Å². The first kappa shape index (κ1) is 8.01. The normalized spacial score (nSPS) is 11.2. The summed E-state index contributed by atoms with van der Waals surface area (Å²) in [5.74, 6) is 0. The van der Waals surface area contributed by atoms with Crippen molar-refractivity contribution in [2.75, 3.05) is 6.61 Å². The quantitative estimate of drug-likeness (QED) is 0.678. The fourth-order valence-electron chi connectivity index (χ4n) is 0.961. The fraction of sp³-hybridized carbons (Fsp3) is 0.375. The summed E-state index contributed by atoms with van der Waals surface area (Å²) in [5.41, 5.74) is 2.04. The van der Waals surface area contributed by atoms with Crippen LogP contribution in [0.25, 0.3) is 6.08 Å². The Labute approximate surface area is 66.0 Å². The van der Waals surface area contributed by atoms with E-state index in [1.807, 2.05) is 26.2 Å². The van der Waals surface area contributed by atoms with E-state index in [4.69, 9.17) is 5.11 Å². The lowest BCUT2D eigenvalue weighted by atomic mass is 10.2. The molecule has 0 saturated heterocycles. The van der Waals surface area contributed by atoms with Crippen LogP contribution in [0.15, 0.2) is 12.3 Å². The second-order valence-electron chi connectivity index (χ2n) is 2.43. The minimum atomic E-state index is 0.0777. The van der Waals surface area contributed by atoms with E-state index >= 15 is 0 Å². The highest BCUT2D eigenvalue weighted by molar-refractivity contribution is 5.50. The molecule has 0 unspecified atom stereocenters. The number of aromatic nitrogens is 2. The third-order valence-corrected chi connectivity index (χ3v) is 1.45. The third kappa shape index (κ3) is 1.91. The van der Waals surface area contributed by atoms with Crippen molar-refractivity contribution in [1.29, 1.82) is 0 Å². The average Bonchev–Trinajstić information content (AvgIpc) is 2.26. The minimum Gasteiger partial charge on any atom is -0.392 e. The maximum atomic E-state index is 8.51. The molecule has 0 atom stereocenters. The van der Waals surface area contributed by atoms with Crippen LogP contribution in [0.5, 0.6) is 0 Å². The number of nitrogens with zero attached hydrogens (tertiary/aromatic N) is 2. The number of rotatable bonds is 2. The lowest BCUT2D eigenvalue weighted by Crippen LogP contribution is -1.86. The standard InChI is InChI=1S/C8H12N2O/c1-7-8(4-3-5-11)6-10(2)9-7/h3-4,6,11H,5H2,1-2H3/b4-3+. The first-order valence-corrected chi connectivity index (χ1v) is 3.51. The van der Waals surface area contributed by atoms with E-state index in [0.29, 0.717) is 0 Å². The molecule has 0 aliphatic rings. The highest BCUT2D eigenvalue weighted by atomic mass is 16.2. The van der Waals surface area contributed by atoms with Crippen molar-refractivity contribution < 1.29 is 5.11 Å². The van der Waals surface area contributed by atoms with Gasteiger partial charge >= 0.3 is 0 Å². The Morgan fingerprint density at radius 2 is 2.45 bits per heavy atom. The largest absolute Gasteiger partial charge is 0.392 e. The van der Waals surface area contributed by atoms with Crippen molar-refractivity contribution >= 4 is 6.08 Å². The molecule has 1 aromatic rings. The van der Waals surface area contributed by atoms with Crippen LogP contribution in [0.3, 0.4) is 0 Å². The Kier molecular flexibility index (Phi) is 2.44. The Balaban J connectivity index is 2.85. The van der Waals surface area contributed by atoms with E-state index in [0.717, 1.165) is 11.3 Å². The Hall–Kier alpha value is -1.09. The molecule has 1 N–H and O–H groups in total. The summed E-state index contributed by atoms with van der Waals surface area (Å²) in [7, 11) is 1.88. The van der Waals surface area contributed by atoms with Crippen molar-refractivity contribution in [2.24, 2.45) is 7.05 Å². The van der Waals surface area contributed by atoms with E-state index in [1.165, 1.54) is 0 Å². The molecule has 0 aliphatic carbocycles. The highest BCUT2D eigenvalue weighted by Gasteiger charge is 1.96. The lowest BCUT2D eigenvalue weighted by Gasteiger charge is -1.84. The summed E-state index contributed by atoms with van der Waals surface area (Å²) in [4.78, 5) is 0. The number of hydrogen-bond acceptors (Lipinski definition) is 2. The summed E-state index contributed by atoms with van der Waals surface area (Å²) < 4.78 is 1.76. The molecule has 1 rings (SSSR count). The smallest absolute Gasteiger partial charge is 0.0665 e. The van der Waals surface area contributed by atoms with Gasteiger partial charge in [0.25, 0.3) is 0 Å². The van der Waals surface area contributed by atoms with Gasteiger partial charge in [-0.1, -0.05) is 12.2 Å². The first-order chi connectivity index (χ1) is 5.24. The molecular weight excluding hydrogens is 140 g/mol. The summed E-state index contributed by atoms with van der Waals surface area (Å²) in [6.45, 7) is 2.02. The van der Waals surface area contributed by atoms with Crippen molar-refractivity contribution in [3.63, 3.8) is 0 Å². The number of hydrogen-bond donors (Lipinski definition) is 1. The van der Waals surface area contributed by atoms with E-state index in [1.54, 1.807) is 10.8 Å². The van der Waals surface area contributed by atoms with E-state index in [-0.39, 0.29) is 6.61 Å². The van der Waals surface area contributed by atoms with Crippen LogP contribution in [-0.2, 0) is 7.05 Å². The second kappa shape index (κ2) is 3.34. The molecular formula is C8H12N2O. The Morgan fingerprint density at radius 3 is 2.91 bits per heavy atom. The maximum absolute atomic E-state index is 8.51. The van der Waals surface area contributed by atoms with E-state index in [2.05, 4.69) is 5.10 Å². The van der Waals surface area contributed by atoms with Crippen LogP contribution in [-0.4, -0.2) is 21.5 Å². The number of aryl methyl sites for hydroxylation is 2. The van der Waals surface area contributed by atoms with Gasteiger partial charge in [-0.2, -0.15) is 5.10 Å². The van der Waals surface area contributed by atoms with Gasteiger partial charge in [-0.05, 0) is 6.92 Å². The van der Waals surface area contributed by atoms with E-state index < -0.39 is 0 Å². The zero-order valence-corrected chi connectivity index (χ0v) is 6.78. The number of aliphatic hydroxyl groups is 1. The zero-order valence-electron chi connectivity index (χ0n) is 6.78. The predicted octanol–water partition coefficient (Wildman–Crippen LogP) is 0.734. The van der Waals surface area contributed by atoms with Crippen LogP contribution in [0.1, 0.15) is 11.3 Å². The Morgan fingerprint density at radius 1 is 1.73 bits per heavy atom. The first-order valence-electron chi connectivity index (χ1n) is 3.51. The number of aliphatic hydroxyl groups excluding tert-OH is 1. The maximum Gasteiger partial charge on any atom is 0.0665 e. The van der Waals surface area contributed by atoms with Gasteiger partial charge in [-0.25, -0.2) is 0 Å². The van der Waals surface area contributed by atoms with Crippen molar-refractivity contribution in [2.45, 2.75) is 6.92 Å². The van der Waals surface area contributed by atoms with Crippen LogP contribution in [0, 0.1) is 6.92 Å². The molecule has 0 fully saturated rings. The molecule has 0 saturated carbocycles. The van der Waals surface area contributed by atoms with Gasteiger partial charge in [0.1, 0.15) is 0 Å². The average molecular weight is 152 g/mol. The van der Waals surface area contributed by atoms with E-state index in [9.17, 15) is 0 Å². The highest BCUT2D eigenvalue weighted by Crippen LogP contribution is 2.05. The molecule has 0 spiro atoms. The van der Waals surface area contributed by atoms with Crippen LogP contribution >= 0.6 is 0 Å². The van der Waals surface area contributed by atoms with Crippen LogP contribution in [0.2, 0.25) is 0 Å². The molecule has 1 heterocycles. The molecule has 0 aliphatic heterocycles. The monoisotopic (exact) mass is 152 g/mol. The van der Waals surface area contributed by atoms with Crippen molar-refractivity contribution in [3.8, 4) is 0 Å². The van der Waals surface area contributed by atoms with Crippen molar-refractivity contribution in [3.05, 3.63) is 23.5 Å². The van der Waals surface area contributed by atoms with Gasteiger partial charge in [-0.3, -0.25) is 4.68 Å². The molecule has 0 bridgehead atoms. The topological polar surface area (TPSA) is 38.0 Å². The summed E-state index contributed by atoms with van der Waals surface area (Å²) >= 11 is 0. The molecule has 0 aromatic carbocycles. The lowest BCUT2D eigenvalue weighted by molar-refractivity contribution is 0.343. The molecule has 3 heteroatoms. The molecule has 11 heavy (non-hydrogen) atoms. The molecule has 0 amide bonds. The summed E-state index contributed by atoms with van der Waals surface area (Å²) in [6, 6.07) is 0. The van der Waals surface area contributed by atoms with Crippen LogP contribution in [0.4, 0.5) is 0 Å². The third-order valence-electron chi connectivity index (χ3n) is 1.45. The Bertz CT molecular complexity index is 263. The second-order valence-corrected chi connectivity index (χ2v) is 2.43.